The van der Waals surface area contributed by atoms with E-state index in [1.807, 2.05) is 0 Å². The lowest BCUT2D eigenvalue weighted by Crippen LogP contribution is -2.25. The Hall–Kier alpha value is -1.87. The lowest BCUT2D eigenvalue weighted by molar-refractivity contribution is 0.563. The number of hydrogen-bond donors (Lipinski definition) is 2. The zero-order valence-electron chi connectivity index (χ0n) is 10.0. The van der Waals surface area contributed by atoms with Crippen LogP contribution in [-0.4, -0.2) is 28.0 Å². The minimum Gasteiger partial charge on any atom is -0.384 e. The first-order chi connectivity index (χ1) is 8.42. The van der Waals surface area contributed by atoms with E-state index in [4.69, 9.17) is 5.73 Å². The maximum atomic E-state index is 12.0. The third-order valence-electron chi connectivity index (χ3n) is 2.57. The lowest BCUT2D eigenvalue weighted by Gasteiger charge is -2.06. The number of nitrogens with one attached hydrogen (secondary N) is 1. The fourth-order valence-corrected chi connectivity index (χ4v) is 2.63. The molecule has 2 aromatic heterocycles. The van der Waals surface area contributed by atoms with Crippen molar-refractivity contribution in [1.29, 1.82) is 0 Å². The topological polar surface area (TPSA) is 108 Å². The van der Waals surface area contributed by atoms with Crippen LogP contribution in [0.3, 0.4) is 0 Å². The summed E-state index contributed by atoms with van der Waals surface area (Å²) in [7, 11) is -0.344. The Bertz CT molecular complexity index is 656. The van der Waals surface area contributed by atoms with E-state index in [1.165, 1.54) is 27.8 Å². The van der Waals surface area contributed by atoms with Gasteiger partial charge in [-0.05, 0) is 6.07 Å². The predicted octanol–water partition coefficient (Wildman–Crippen LogP) is -0.786. The third-order valence-corrected chi connectivity index (χ3v) is 4.04. The predicted molar refractivity (Wildman–Crippen MR) is 64.9 cm³/mol. The molecular weight excluding hydrogens is 256 g/mol. The monoisotopic (exact) mass is 270 g/mol. The molecule has 0 aliphatic rings. The molecule has 0 aromatic carbocycles. The second-order valence-electron chi connectivity index (χ2n) is 3.80. The number of sulfonamides is 1. The number of aromatic nitrogens is 4. The minimum absolute atomic E-state index is 0.0905. The maximum absolute atomic E-state index is 12.0. The molecule has 0 amide bonds. The molecule has 8 nitrogen and oxygen atoms in total. The van der Waals surface area contributed by atoms with Crippen LogP contribution in [0, 0.1) is 0 Å². The van der Waals surface area contributed by atoms with Crippen molar-refractivity contribution in [3.05, 3.63) is 24.0 Å². The SMILES string of the molecule is Cn1nccc1S(=O)(=O)NCc1cnn(C)c1N. The van der Waals surface area contributed by atoms with Gasteiger partial charge in [-0.25, -0.2) is 13.1 Å². The van der Waals surface area contributed by atoms with Crippen molar-refractivity contribution in [2.45, 2.75) is 11.6 Å². The molecule has 3 N–H and O–H groups in total. The number of nitrogens with two attached hydrogens (primary N) is 1. The van der Waals surface area contributed by atoms with E-state index in [-0.39, 0.29) is 11.6 Å². The summed E-state index contributed by atoms with van der Waals surface area (Å²) in [6.07, 6.45) is 2.95. The van der Waals surface area contributed by atoms with E-state index in [9.17, 15) is 8.42 Å². The quantitative estimate of drug-likeness (QED) is 0.757. The van der Waals surface area contributed by atoms with Crippen LogP contribution in [0.4, 0.5) is 5.82 Å². The summed E-state index contributed by atoms with van der Waals surface area (Å²) in [4.78, 5) is 0. The van der Waals surface area contributed by atoms with Crippen molar-refractivity contribution >= 4 is 15.8 Å². The highest BCUT2D eigenvalue weighted by atomic mass is 32.2. The Kier molecular flexibility index (Phi) is 3.09. The summed E-state index contributed by atoms with van der Waals surface area (Å²) in [6.45, 7) is 0.0905. The normalized spacial score (nSPS) is 11.9. The van der Waals surface area contributed by atoms with E-state index in [0.717, 1.165) is 0 Å². The average Bonchev–Trinajstić information content (AvgIpc) is 2.86. The molecule has 0 aliphatic carbocycles. The first kappa shape index (κ1) is 12.6. The van der Waals surface area contributed by atoms with Crippen LogP contribution < -0.4 is 10.5 Å². The molecule has 0 aliphatic heterocycles. The second kappa shape index (κ2) is 4.42. The van der Waals surface area contributed by atoms with Crippen LogP contribution in [0.5, 0.6) is 0 Å². The number of nitrogen functional groups attached to an aromatic ring is 1. The maximum Gasteiger partial charge on any atom is 0.258 e. The van der Waals surface area contributed by atoms with Crippen molar-refractivity contribution in [3.63, 3.8) is 0 Å². The molecule has 0 fully saturated rings. The highest BCUT2D eigenvalue weighted by Gasteiger charge is 2.18. The van der Waals surface area contributed by atoms with Gasteiger partial charge >= 0.3 is 0 Å². The fourth-order valence-electron chi connectivity index (χ4n) is 1.50. The summed E-state index contributed by atoms with van der Waals surface area (Å²) >= 11 is 0. The van der Waals surface area contributed by atoms with Gasteiger partial charge in [-0.3, -0.25) is 9.36 Å². The summed E-state index contributed by atoms with van der Waals surface area (Å²) in [6, 6.07) is 1.43. The minimum atomic E-state index is -3.60. The van der Waals surface area contributed by atoms with E-state index < -0.39 is 10.0 Å². The molecule has 0 radical (unpaired) electrons. The third kappa shape index (κ3) is 2.22. The standard InChI is InChI=1S/C9H14N6O2S/c1-14-8(3-4-11-14)18(16,17)13-6-7-5-12-15(2)9(7)10/h3-5,13H,6,10H2,1-2H3. The van der Waals surface area contributed by atoms with Gasteiger partial charge in [0.1, 0.15) is 5.82 Å². The zero-order valence-corrected chi connectivity index (χ0v) is 10.8. The van der Waals surface area contributed by atoms with Gasteiger partial charge in [0, 0.05) is 26.2 Å². The highest BCUT2D eigenvalue weighted by molar-refractivity contribution is 7.89. The molecule has 2 aromatic rings. The van der Waals surface area contributed by atoms with Gasteiger partial charge in [0.05, 0.1) is 12.4 Å². The first-order valence-corrected chi connectivity index (χ1v) is 6.64. The van der Waals surface area contributed by atoms with E-state index in [2.05, 4.69) is 14.9 Å². The largest absolute Gasteiger partial charge is 0.384 e. The Labute approximate surface area is 104 Å². The number of nitrogens with zero attached hydrogens (tertiary/aromatic N) is 4. The summed E-state index contributed by atoms with van der Waals surface area (Å²) in [5.41, 5.74) is 6.36. The molecule has 0 bridgehead atoms. The molecule has 0 saturated carbocycles. The van der Waals surface area contributed by atoms with Crippen LogP contribution in [0.2, 0.25) is 0 Å². The summed E-state index contributed by atoms with van der Waals surface area (Å²) < 4.78 is 29.1. The van der Waals surface area contributed by atoms with Crippen LogP contribution >= 0.6 is 0 Å². The van der Waals surface area contributed by atoms with Crippen molar-refractivity contribution in [1.82, 2.24) is 24.3 Å². The molecule has 0 unspecified atom stereocenters. The zero-order chi connectivity index (χ0) is 13.3. The molecule has 9 heteroatoms. The number of aryl methyl sites for hydroxylation is 2. The van der Waals surface area contributed by atoms with Crippen LogP contribution in [0.25, 0.3) is 0 Å². The highest BCUT2D eigenvalue weighted by Crippen LogP contribution is 2.11. The molecule has 0 atom stereocenters. The molecule has 2 rings (SSSR count). The summed E-state index contributed by atoms with van der Waals surface area (Å²) in [5, 5.41) is 7.85. The van der Waals surface area contributed by atoms with Gasteiger partial charge in [-0.1, -0.05) is 0 Å². The van der Waals surface area contributed by atoms with Crippen molar-refractivity contribution in [2.75, 3.05) is 5.73 Å². The van der Waals surface area contributed by atoms with Crippen molar-refractivity contribution in [2.24, 2.45) is 14.1 Å². The van der Waals surface area contributed by atoms with Crippen LogP contribution in [0.15, 0.2) is 23.5 Å². The Balaban J connectivity index is 2.16. The van der Waals surface area contributed by atoms with Gasteiger partial charge in [0.15, 0.2) is 5.03 Å². The number of anilines is 1. The number of rotatable bonds is 4. The first-order valence-electron chi connectivity index (χ1n) is 5.16. The fraction of sp³-hybridized carbons (Fsp3) is 0.333. The average molecular weight is 270 g/mol. The van der Waals surface area contributed by atoms with Gasteiger partial charge in [-0.2, -0.15) is 10.2 Å². The molecule has 2 heterocycles. The number of hydrogen-bond acceptors (Lipinski definition) is 5. The Morgan fingerprint density at radius 3 is 2.56 bits per heavy atom. The molecule has 0 saturated heterocycles. The molecular formula is C9H14N6O2S. The van der Waals surface area contributed by atoms with E-state index in [0.29, 0.717) is 11.4 Å². The van der Waals surface area contributed by atoms with Crippen molar-refractivity contribution < 1.29 is 8.42 Å². The Morgan fingerprint density at radius 1 is 1.33 bits per heavy atom. The smallest absolute Gasteiger partial charge is 0.258 e. The molecule has 0 spiro atoms. The van der Waals surface area contributed by atoms with Crippen LogP contribution in [0.1, 0.15) is 5.56 Å². The van der Waals surface area contributed by atoms with Gasteiger partial charge in [0.25, 0.3) is 10.0 Å². The van der Waals surface area contributed by atoms with Crippen LogP contribution in [-0.2, 0) is 30.7 Å². The molecule has 18 heavy (non-hydrogen) atoms. The molecule has 98 valence electrons. The van der Waals surface area contributed by atoms with E-state index in [1.54, 1.807) is 14.1 Å². The lowest BCUT2D eigenvalue weighted by atomic mass is 10.3. The Morgan fingerprint density at radius 2 is 2.06 bits per heavy atom. The van der Waals surface area contributed by atoms with Gasteiger partial charge in [0.2, 0.25) is 0 Å². The summed E-state index contributed by atoms with van der Waals surface area (Å²) in [5.74, 6) is 0.433. The van der Waals surface area contributed by atoms with Gasteiger partial charge in [-0.15, -0.1) is 0 Å². The van der Waals surface area contributed by atoms with E-state index >= 15 is 0 Å². The van der Waals surface area contributed by atoms with Gasteiger partial charge < -0.3 is 5.73 Å². The second-order valence-corrected chi connectivity index (χ2v) is 5.51. The van der Waals surface area contributed by atoms with Crippen molar-refractivity contribution in [3.8, 4) is 0 Å².